The zero-order chi connectivity index (χ0) is 28.1. The SMILES string of the molecule is O=C(O)c1cccc(N2C(=O)/C(=C\c3cc(C4C=CC=C(C(F)(F)F)C4)c[nH]3)c3ccc(C(F)(F)F)cc32)c1. The number of aromatic nitrogens is 1. The third-order valence-electron chi connectivity index (χ3n) is 6.54. The first-order valence-corrected chi connectivity index (χ1v) is 11.6. The van der Waals surface area contributed by atoms with Crippen molar-refractivity contribution in [3.63, 3.8) is 0 Å². The standard InChI is InChI=1S/C28H18F6N2O3/c29-27(30,31)18-5-1-3-15(9-18)17-10-20(35-14-17)13-23-22-8-7-19(28(32,33)34)12-24(22)36(25(23)37)21-6-2-4-16(11-21)26(38)39/h1-8,10-15,35H,9H2,(H,38,39)/b23-13-. The molecule has 39 heavy (non-hydrogen) atoms. The minimum atomic E-state index is -4.69. The van der Waals surface area contributed by atoms with E-state index < -0.39 is 41.3 Å². The first-order chi connectivity index (χ1) is 18.3. The number of carboxylic acids is 1. The number of aromatic carboxylic acids is 1. The topological polar surface area (TPSA) is 73.4 Å². The van der Waals surface area contributed by atoms with Gasteiger partial charge >= 0.3 is 18.3 Å². The first-order valence-electron chi connectivity index (χ1n) is 11.6. The highest BCUT2D eigenvalue weighted by atomic mass is 19.4. The van der Waals surface area contributed by atoms with Gasteiger partial charge in [-0.3, -0.25) is 9.69 Å². The highest BCUT2D eigenvalue weighted by molar-refractivity contribution is 6.38. The number of H-pyrrole nitrogens is 1. The molecule has 1 unspecified atom stereocenters. The van der Waals surface area contributed by atoms with Gasteiger partial charge in [-0.1, -0.05) is 30.4 Å². The summed E-state index contributed by atoms with van der Waals surface area (Å²) in [6.07, 6.45) is -2.51. The average molecular weight is 544 g/mol. The number of alkyl halides is 6. The number of allylic oxidation sites excluding steroid dienone is 4. The molecule has 2 heterocycles. The molecule has 1 amide bonds. The minimum absolute atomic E-state index is 0.0305. The lowest BCUT2D eigenvalue weighted by atomic mass is 9.89. The average Bonchev–Trinajstić information content (AvgIpc) is 3.45. The van der Waals surface area contributed by atoms with Crippen molar-refractivity contribution in [3.05, 3.63) is 106 Å². The normalized spacial score (nSPS) is 18.5. The van der Waals surface area contributed by atoms with Gasteiger partial charge in [0, 0.05) is 28.9 Å². The van der Waals surface area contributed by atoms with Gasteiger partial charge in [0.05, 0.1) is 28.1 Å². The molecular weight excluding hydrogens is 526 g/mol. The Kier molecular flexibility index (Phi) is 6.24. The summed E-state index contributed by atoms with van der Waals surface area (Å²) < 4.78 is 80.0. The molecule has 11 heteroatoms. The van der Waals surface area contributed by atoms with Crippen molar-refractivity contribution in [1.82, 2.24) is 4.98 Å². The zero-order valence-corrected chi connectivity index (χ0v) is 19.8. The number of amides is 1. The Balaban J connectivity index is 1.54. The fourth-order valence-electron chi connectivity index (χ4n) is 4.64. The maximum Gasteiger partial charge on any atom is 0.416 e. The van der Waals surface area contributed by atoms with Crippen LogP contribution in [-0.2, 0) is 11.0 Å². The summed E-state index contributed by atoms with van der Waals surface area (Å²) in [5.41, 5.74) is -0.722. The van der Waals surface area contributed by atoms with E-state index >= 15 is 0 Å². The van der Waals surface area contributed by atoms with Crippen molar-refractivity contribution in [2.75, 3.05) is 4.90 Å². The first kappa shape index (κ1) is 26.1. The Morgan fingerprint density at radius 3 is 2.49 bits per heavy atom. The molecule has 1 aliphatic carbocycles. The highest BCUT2D eigenvalue weighted by Crippen LogP contribution is 2.45. The van der Waals surface area contributed by atoms with Crippen molar-refractivity contribution in [2.45, 2.75) is 24.7 Å². The molecular formula is C28H18F6N2O3. The van der Waals surface area contributed by atoms with Gasteiger partial charge in [-0.05, 0) is 54.5 Å². The monoisotopic (exact) mass is 544 g/mol. The van der Waals surface area contributed by atoms with Crippen molar-refractivity contribution in [3.8, 4) is 0 Å². The molecule has 2 aromatic carbocycles. The van der Waals surface area contributed by atoms with E-state index in [0.29, 0.717) is 11.3 Å². The van der Waals surface area contributed by atoms with Crippen LogP contribution in [0, 0.1) is 0 Å². The second-order valence-electron chi connectivity index (χ2n) is 9.06. The molecule has 0 bridgehead atoms. The number of nitrogens with zero attached hydrogens (tertiary/aromatic N) is 1. The van der Waals surface area contributed by atoms with Gasteiger partial charge in [0.25, 0.3) is 5.91 Å². The van der Waals surface area contributed by atoms with Gasteiger partial charge in [-0.25, -0.2) is 4.79 Å². The lowest BCUT2D eigenvalue weighted by Gasteiger charge is -2.19. The molecule has 200 valence electrons. The van der Waals surface area contributed by atoms with Gasteiger partial charge in [0.2, 0.25) is 0 Å². The molecule has 0 saturated heterocycles. The Morgan fingerprint density at radius 2 is 1.79 bits per heavy atom. The Morgan fingerprint density at radius 1 is 1.03 bits per heavy atom. The summed E-state index contributed by atoms with van der Waals surface area (Å²) in [6, 6.07) is 9.65. The number of fused-ring (bicyclic) bond motifs is 1. The van der Waals surface area contributed by atoms with Crippen LogP contribution >= 0.6 is 0 Å². The Hall–Kier alpha value is -4.54. The van der Waals surface area contributed by atoms with Gasteiger partial charge in [-0.2, -0.15) is 26.3 Å². The van der Waals surface area contributed by atoms with Crippen molar-refractivity contribution in [2.24, 2.45) is 0 Å². The molecule has 2 N–H and O–H groups in total. The summed E-state index contributed by atoms with van der Waals surface area (Å²) in [6.45, 7) is 0. The van der Waals surface area contributed by atoms with E-state index in [9.17, 15) is 41.0 Å². The number of carbonyl (C=O) groups excluding carboxylic acids is 1. The smallest absolute Gasteiger partial charge is 0.416 e. The van der Waals surface area contributed by atoms with Gasteiger partial charge in [0.15, 0.2) is 0 Å². The van der Waals surface area contributed by atoms with Gasteiger partial charge in [0.1, 0.15) is 0 Å². The zero-order valence-electron chi connectivity index (χ0n) is 19.8. The van der Waals surface area contributed by atoms with Crippen LogP contribution in [-0.4, -0.2) is 28.1 Å². The molecule has 2 aliphatic rings. The maximum absolute atomic E-state index is 13.5. The van der Waals surface area contributed by atoms with E-state index in [0.717, 1.165) is 29.2 Å². The molecule has 5 rings (SSSR count). The van der Waals surface area contributed by atoms with Crippen LogP contribution < -0.4 is 4.90 Å². The molecule has 1 aromatic heterocycles. The fraction of sp³-hybridized carbons (Fsp3) is 0.143. The Labute approximate surface area is 217 Å². The molecule has 0 radical (unpaired) electrons. The summed E-state index contributed by atoms with van der Waals surface area (Å²) in [5.74, 6) is -2.53. The number of nitrogens with one attached hydrogen (secondary N) is 1. The second kappa shape index (κ2) is 9.33. The fourth-order valence-corrected chi connectivity index (χ4v) is 4.64. The third kappa shape index (κ3) is 4.99. The largest absolute Gasteiger partial charge is 0.478 e. The maximum atomic E-state index is 13.5. The molecule has 5 nitrogen and oxygen atoms in total. The summed E-state index contributed by atoms with van der Waals surface area (Å²) in [4.78, 5) is 28.9. The number of carboxylic acid groups (broad SMARTS) is 1. The van der Waals surface area contributed by atoms with Crippen LogP contribution in [0.5, 0.6) is 0 Å². The van der Waals surface area contributed by atoms with Crippen LogP contribution in [0.1, 0.15) is 45.1 Å². The van der Waals surface area contributed by atoms with E-state index in [1.54, 1.807) is 12.1 Å². The quantitative estimate of drug-likeness (QED) is 0.264. The molecule has 3 aromatic rings. The van der Waals surface area contributed by atoms with Crippen molar-refractivity contribution < 1.29 is 41.0 Å². The summed E-state index contributed by atoms with van der Waals surface area (Å²) >= 11 is 0. The lowest BCUT2D eigenvalue weighted by Crippen LogP contribution is -2.21. The van der Waals surface area contributed by atoms with E-state index in [4.69, 9.17) is 0 Å². The Bertz CT molecular complexity index is 1580. The minimum Gasteiger partial charge on any atom is -0.478 e. The molecule has 1 atom stereocenters. The summed E-state index contributed by atoms with van der Waals surface area (Å²) in [7, 11) is 0. The van der Waals surface area contributed by atoms with Crippen LogP contribution in [0.15, 0.2) is 78.5 Å². The molecule has 0 saturated carbocycles. The lowest BCUT2D eigenvalue weighted by molar-refractivity contribution is -0.137. The highest BCUT2D eigenvalue weighted by Gasteiger charge is 2.38. The van der Waals surface area contributed by atoms with Crippen LogP contribution in [0.3, 0.4) is 0 Å². The number of hydrogen-bond donors (Lipinski definition) is 2. The number of halogens is 6. The van der Waals surface area contributed by atoms with E-state index in [1.807, 2.05) is 0 Å². The van der Waals surface area contributed by atoms with E-state index in [-0.39, 0.29) is 34.5 Å². The van der Waals surface area contributed by atoms with Gasteiger partial charge < -0.3 is 10.1 Å². The molecule has 0 fully saturated rings. The predicted molar refractivity (Wildman–Crippen MR) is 131 cm³/mol. The predicted octanol–water partition coefficient (Wildman–Crippen LogP) is 7.48. The number of carbonyl (C=O) groups is 2. The van der Waals surface area contributed by atoms with E-state index in [1.165, 1.54) is 42.6 Å². The number of anilines is 2. The van der Waals surface area contributed by atoms with Crippen LogP contribution in [0.2, 0.25) is 0 Å². The van der Waals surface area contributed by atoms with Crippen molar-refractivity contribution >= 4 is 34.9 Å². The summed E-state index contributed by atoms with van der Waals surface area (Å²) in [5, 5.41) is 9.34. The van der Waals surface area contributed by atoms with Crippen molar-refractivity contribution in [1.29, 1.82) is 0 Å². The van der Waals surface area contributed by atoms with Gasteiger partial charge in [-0.15, -0.1) is 0 Å². The van der Waals surface area contributed by atoms with Crippen LogP contribution in [0.25, 0.3) is 11.6 Å². The third-order valence-corrected chi connectivity index (χ3v) is 6.54. The molecule has 0 spiro atoms. The molecule has 1 aliphatic heterocycles. The van der Waals surface area contributed by atoms with Crippen LogP contribution in [0.4, 0.5) is 37.7 Å². The van der Waals surface area contributed by atoms with E-state index in [2.05, 4.69) is 4.98 Å². The number of benzene rings is 2. The second-order valence-corrected chi connectivity index (χ2v) is 9.06. The number of aromatic amines is 1. The number of hydrogen-bond acceptors (Lipinski definition) is 2. The number of rotatable bonds is 4.